The van der Waals surface area contributed by atoms with Gasteiger partial charge in [0, 0.05) is 19.3 Å². The van der Waals surface area contributed by atoms with Gasteiger partial charge in [0.1, 0.15) is 13.2 Å². The minimum Gasteiger partial charge on any atom is -0.462 e. The number of hydrogen-bond acceptors (Lipinski definition) is 6. The minimum absolute atomic E-state index is 0.0664. The van der Waals surface area contributed by atoms with Gasteiger partial charge in [0.25, 0.3) is 0 Å². The maximum Gasteiger partial charge on any atom is 0.306 e. The minimum atomic E-state index is -0.758. The zero-order valence-corrected chi connectivity index (χ0v) is 34.0. The van der Waals surface area contributed by atoms with E-state index in [1.165, 1.54) is 116 Å². The summed E-state index contributed by atoms with van der Waals surface area (Å²) in [6.07, 6.45) is 34.1. The molecular formula is C44H84O6. The molecular weight excluding hydrogens is 624 g/mol. The zero-order valence-electron chi connectivity index (χ0n) is 34.0. The molecule has 0 radical (unpaired) electrons. The molecule has 0 rings (SSSR count). The van der Waals surface area contributed by atoms with Gasteiger partial charge in [-0.05, 0) is 31.1 Å². The Kier molecular flexibility index (Phi) is 36.0. The highest BCUT2D eigenvalue weighted by Crippen LogP contribution is 2.16. The third kappa shape index (κ3) is 37.7. The lowest BCUT2D eigenvalue weighted by Crippen LogP contribution is -2.30. The van der Waals surface area contributed by atoms with Gasteiger partial charge < -0.3 is 14.2 Å². The van der Waals surface area contributed by atoms with Crippen LogP contribution in [-0.2, 0) is 28.6 Å². The van der Waals surface area contributed by atoms with Crippen molar-refractivity contribution in [3.63, 3.8) is 0 Å². The Bertz CT molecular complexity index is 764. The molecule has 0 heterocycles. The summed E-state index contributed by atoms with van der Waals surface area (Å²) in [5, 5.41) is 0. The molecule has 0 fully saturated rings. The fourth-order valence-corrected chi connectivity index (χ4v) is 6.40. The average Bonchev–Trinajstić information content (AvgIpc) is 3.08. The van der Waals surface area contributed by atoms with E-state index in [2.05, 4.69) is 34.6 Å². The summed E-state index contributed by atoms with van der Waals surface area (Å²) in [5.41, 5.74) is 0. The molecule has 0 amide bonds. The molecule has 6 heteroatoms. The second-order valence-electron chi connectivity index (χ2n) is 15.9. The molecule has 296 valence electrons. The zero-order chi connectivity index (χ0) is 36.9. The normalized spacial score (nSPS) is 12.1. The van der Waals surface area contributed by atoms with Crippen molar-refractivity contribution in [3.8, 4) is 0 Å². The fourth-order valence-electron chi connectivity index (χ4n) is 6.40. The van der Waals surface area contributed by atoms with Gasteiger partial charge in [-0.2, -0.15) is 0 Å². The summed E-state index contributed by atoms with van der Waals surface area (Å²) in [6.45, 7) is 11.2. The summed E-state index contributed by atoms with van der Waals surface area (Å²) in [5.74, 6) is 0.758. The van der Waals surface area contributed by atoms with Crippen LogP contribution in [0.5, 0.6) is 0 Å². The highest BCUT2D eigenvalue weighted by molar-refractivity contribution is 5.71. The predicted octanol–water partition coefficient (Wildman–Crippen LogP) is 13.4. The van der Waals surface area contributed by atoms with Crippen LogP contribution in [0.2, 0.25) is 0 Å². The molecule has 0 aliphatic heterocycles. The van der Waals surface area contributed by atoms with E-state index < -0.39 is 6.10 Å². The average molecular weight is 709 g/mol. The lowest BCUT2D eigenvalue weighted by molar-refractivity contribution is -0.167. The first-order valence-electron chi connectivity index (χ1n) is 21.7. The van der Waals surface area contributed by atoms with E-state index in [9.17, 15) is 14.4 Å². The van der Waals surface area contributed by atoms with Gasteiger partial charge in [0.05, 0.1) is 0 Å². The van der Waals surface area contributed by atoms with E-state index in [0.717, 1.165) is 76.0 Å². The summed E-state index contributed by atoms with van der Waals surface area (Å²) < 4.78 is 16.6. The number of ether oxygens (including phenoxy) is 3. The van der Waals surface area contributed by atoms with Crippen molar-refractivity contribution in [2.24, 2.45) is 11.8 Å². The van der Waals surface area contributed by atoms with E-state index in [0.29, 0.717) is 19.3 Å². The Morgan fingerprint density at radius 2 is 0.660 bits per heavy atom. The van der Waals surface area contributed by atoms with Crippen LogP contribution >= 0.6 is 0 Å². The highest BCUT2D eigenvalue weighted by atomic mass is 16.6. The van der Waals surface area contributed by atoms with Gasteiger partial charge in [-0.15, -0.1) is 0 Å². The Hall–Kier alpha value is -1.59. The lowest BCUT2D eigenvalue weighted by atomic mass is 10.0. The Balaban J connectivity index is 4.18. The van der Waals surface area contributed by atoms with Crippen LogP contribution in [0.4, 0.5) is 0 Å². The molecule has 0 N–H and O–H groups in total. The summed E-state index contributed by atoms with van der Waals surface area (Å²) in [4.78, 5) is 37.4. The van der Waals surface area contributed by atoms with E-state index in [1.54, 1.807) is 0 Å². The van der Waals surface area contributed by atoms with Crippen molar-refractivity contribution in [2.45, 2.75) is 240 Å². The Morgan fingerprint density at radius 3 is 0.980 bits per heavy atom. The highest BCUT2D eigenvalue weighted by Gasteiger charge is 2.19. The molecule has 0 aromatic rings. The van der Waals surface area contributed by atoms with E-state index in [4.69, 9.17) is 14.2 Å². The molecule has 0 aliphatic carbocycles. The van der Waals surface area contributed by atoms with Gasteiger partial charge in [-0.3, -0.25) is 14.4 Å². The topological polar surface area (TPSA) is 78.9 Å². The van der Waals surface area contributed by atoms with Crippen molar-refractivity contribution < 1.29 is 28.6 Å². The molecule has 50 heavy (non-hydrogen) atoms. The van der Waals surface area contributed by atoms with Gasteiger partial charge in [0.2, 0.25) is 0 Å². The molecule has 0 saturated carbocycles. The van der Waals surface area contributed by atoms with E-state index in [1.807, 2.05) is 0 Å². The second-order valence-corrected chi connectivity index (χ2v) is 15.9. The molecule has 0 unspecified atom stereocenters. The largest absolute Gasteiger partial charge is 0.462 e. The standard InChI is InChI=1S/C44H84O6/c1-6-7-8-22-29-34-42(45)48-37-41(50-44(47)36-31-26-21-17-16-19-24-28-33-40(4)5)38-49-43(46)35-30-25-20-15-13-11-9-10-12-14-18-23-27-32-39(2)3/h39-41H,6-38H2,1-5H3/t41-/m0/s1. The lowest BCUT2D eigenvalue weighted by Gasteiger charge is -2.18. The predicted molar refractivity (Wildman–Crippen MR) is 210 cm³/mol. The quantitative estimate of drug-likeness (QED) is 0.0361. The van der Waals surface area contributed by atoms with Crippen molar-refractivity contribution in [1.29, 1.82) is 0 Å². The van der Waals surface area contributed by atoms with Crippen LogP contribution in [0, 0.1) is 11.8 Å². The third-order valence-corrected chi connectivity index (χ3v) is 9.72. The van der Waals surface area contributed by atoms with Crippen LogP contribution in [0.15, 0.2) is 0 Å². The number of esters is 3. The monoisotopic (exact) mass is 709 g/mol. The molecule has 6 nitrogen and oxygen atoms in total. The molecule has 1 atom stereocenters. The summed E-state index contributed by atoms with van der Waals surface area (Å²) >= 11 is 0. The van der Waals surface area contributed by atoms with Gasteiger partial charge in [-0.25, -0.2) is 0 Å². The van der Waals surface area contributed by atoms with Crippen LogP contribution < -0.4 is 0 Å². The number of carbonyl (C=O) groups is 3. The first-order chi connectivity index (χ1) is 24.2. The molecule has 0 saturated heterocycles. The Labute approximate surface area is 310 Å². The van der Waals surface area contributed by atoms with Crippen LogP contribution in [-0.4, -0.2) is 37.2 Å². The number of unbranched alkanes of at least 4 members (excludes halogenated alkanes) is 23. The summed E-state index contributed by atoms with van der Waals surface area (Å²) in [7, 11) is 0. The van der Waals surface area contributed by atoms with Crippen LogP contribution in [0.25, 0.3) is 0 Å². The smallest absolute Gasteiger partial charge is 0.306 e. The van der Waals surface area contributed by atoms with Crippen LogP contribution in [0.3, 0.4) is 0 Å². The molecule has 0 aromatic carbocycles. The van der Waals surface area contributed by atoms with Crippen molar-refractivity contribution in [2.75, 3.05) is 13.2 Å². The van der Waals surface area contributed by atoms with Gasteiger partial charge >= 0.3 is 17.9 Å². The number of carbonyl (C=O) groups excluding carboxylic acids is 3. The maximum absolute atomic E-state index is 12.6. The van der Waals surface area contributed by atoms with E-state index in [-0.39, 0.29) is 31.1 Å². The molecule has 0 aromatic heterocycles. The molecule has 0 spiro atoms. The SMILES string of the molecule is CCCCCCCC(=O)OC[C@@H](COC(=O)CCCCCCCCCCCCCCCC(C)C)OC(=O)CCCCCCCCCCC(C)C. The second kappa shape index (κ2) is 37.2. The van der Waals surface area contributed by atoms with Gasteiger partial charge in [-0.1, -0.05) is 195 Å². The molecule has 0 aliphatic rings. The summed E-state index contributed by atoms with van der Waals surface area (Å²) in [6, 6.07) is 0. The van der Waals surface area contributed by atoms with Crippen molar-refractivity contribution in [1.82, 2.24) is 0 Å². The first-order valence-corrected chi connectivity index (χ1v) is 21.7. The van der Waals surface area contributed by atoms with Crippen LogP contribution in [0.1, 0.15) is 234 Å². The van der Waals surface area contributed by atoms with Crippen molar-refractivity contribution in [3.05, 3.63) is 0 Å². The van der Waals surface area contributed by atoms with E-state index >= 15 is 0 Å². The molecule has 0 bridgehead atoms. The Morgan fingerprint density at radius 1 is 0.380 bits per heavy atom. The van der Waals surface area contributed by atoms with Gasteiger partial charge in [0.15, 0.2) is 6.10 Å². The van der Waals surface area contributed by atoms with Crippen molar-refractivity contribution >= 4 is 17.9 Å². The number of hydrogen-bond donors (Lipinski definition) is 0. The maximum atomic E-state index is 12.6. The first kappa shape index (κ1) is 48.4. The number of rotatable bonds is 38. The fraction of sp³-hybridized carbons (Fsp3) is 0.932. The third-order valence-electron chi connectivity index (χ3n) is 9.72.